The predicted molar refractivity (Wildman–Crippen MR) is 82.0 cm³/mol. The number of nitrogens with two attached hydrogens (primary N) is 1. The highest BCUT2D eigenvalue weighted by Crippen LogP contribution is 2.52. The summed E-state index contributed by atoms with van der Waals surface area (Å²) < 4.78 is 4.13. The van der Waals surface area contributed by atoms with Gasteiger partial charge in [-0.3, -0.25) is 4.79 Å². The van der Waals surface area contributed by atoms with Crippen molar-refractivity contribution in [2.24, 2.45) is 11.3 Å². The molecule has 0 unspecified atom stereocenters. The van der Waals surface area contributed by atoms with E-state index in [2.05, 4.69) is 28.9 Å². The minimum absolute atomic E-state index is 0.0874. The molecule has 0 saturated heterocycles. The lowest BCUT2D eigenvalue weighted by molar-refractivity contribution is 0.0953. The molecule has 3 rings (SSSR count). The lowest BCUT2D eigenvalue weighted by Crippen LogP contribution is -2.27. The van der Waals surface area contributed by atoms with E-state index in [1.165, 1.54) is 24.4 Å². The number of nitrogen functional groups attached to an aromatic ring is 1. The third kappa shape index (κ3) is 2.61. The van der Waals surface area contributed by atoms with Crippen molar-refractivity contribution in [1.29, 1.82) is 0 Å². The zero-order valence-corrected chi connectivity index (χ0v) is 12.8. The zero-order chi connectivity index (χ0) is 14.3. The molecule has 6 heteroatoms. The zero-order valence-electron chi connectivity index (χ0n) is 12.0. The summed E-state index contributed by atoms with van der Waals surface area (Å²) in [6.07, 6.45) is 4.66. The minimum Gasteiger partial charge on any atom is -0.382 e. The Morgan fingerprint density at radius 3 is 2.75 bits per heavy atom. The molecule has 2 saturated carbocycles. The van der Waals surface area contributed by atoms with E-state index in [4.69, 9.17) is 5.73 Å². The number of carbonyl (C=O) groups excluding carboxylic acids is 1. The van der Waals surface area contributed by atoms with Crippen LogP contribution in [0.2, 0.25) is 0 Å². The number of nitrogens with one attached hydrogen (secondary N) is 2. The molecule has 1 aromatic heterocycles. The molecule has 0 aromatic carbocycles. The van der Waals surface area contributed by atoms with Crippen molar-refractivity contribution < 1.29 is 4.79 Å². The molecule has 2 aliphatic rings. The Morgan fingerprint density at radius 1 is 1.50 bits per heavy atom. The largest absolute Gasteiger partial charge is 0.382 e. The summed E-state index contributed by atoms with van der Waals surface area (Å²) in [4.78, 5) is 12.2. The first-order chi connectivity index (χ1) is 9.52. The fourth-order valence-corrected chi connectivity index (χ4v) is 3.21. The Hall–Kier alpha value is -1.30. The molecule has 0 spiro atoms. The lowest BCUT2D eigenvalue weighted by Gasteiger charge is -2.20. The monoisotopic (exact) mass is 294 g/mol. The van der Waals surface area contributed by atoms with Gasteiger partial charge in [0.2, 0.25) is 0 Å². The van der Waals surface area contributed by atoms with Crippen molar-refractivity contribution >= 4 is 28.3 Å². The molecular formula is C14H22N4OS. The van der Waals surface area contributed by atoms with Gasteiger partial charge < -0.3 is 16.4 Å². The van der Waals surface area contributed by atoms with Gasteiger partial charge in [-0.15, -0.1) is 0 Å². The summed E-state index contributed by atoms with van der Waals surface area (Å²) in [5, 5.41) is 7.20. The second-order valence-corrected chi connectivity index (χ2v) is 7.16. The van der Waals surface area contributed by atoms with E-state index < -0.39 is 0 Å². The van der Waals surface area contributed by atoms with E-state index in [1.807, 2.05) is 0 Å². The van der Waals surface area contributed by atoms with Gasteiger partial charge in [0.25, 0.3) is 5.91 Å². The number of amides is 1. The molecule has 2 fully saturated rings. The Balaban J connectivity index is 1.68. The number of hydrogen-bond acceptors (Lipinski definition) is 5. The van der Waals surface area contributed by atoms with E-state index in [0.29, 0.717) is 28.8 Å². The van der Waals surface area contributed by atoms with Gasteiger partial charge >= 0.3 is 0 Å². The van der Waals surface area contributed by atoms with Crippen LogP contribution >= 0.6 is 11.5 Å². The van der Waals surface area contributed by atoms with Crippen LogP contribution in [-0.4, -0.2) is 22.9 Å². The van der Waals surface area contributed by atoms with Gasteiger partial charge in [0.15, 0.2) is 5.82 Å². The molecule has 1 amide bonds. The fourth-order valence-electron chi connectivity index (χ4n) is 2.50. The first kappa shape index (κ1) is 13.7. The van der Waals surface area contributed by atoms with Crippen LogP contribution in [-0.2, 0) is 0 Å². The summed E-state index contributed by atoms with van der Waals surface area (Å²) in [5.74, 6) is 0.907. The van der Waals surface area contributed by atoms with Crippen LogP contribution in [0.25, 0.3) is 0 Å². The third-order valence-electron chi connectivity index (χ3n) is 4.58. The molecule has 0 atom stereocenters. The van der Waals surface area contributed by atoms with Gasteiger partial charge in [-0.25, -0.2) is 0 Å². The van der Waals surface area contributed by atoms with E-state index in [0.717, 1.165) is 24.4 Å². The highest BCUT2D eigenvalue weighted by molar-refractivity contribution is 7.11. The Labute approximate surface area is 123 Å². The Kier molecular flexibility index (Phi) is 3.36. The predicted octanol–water partition coefficient (Wildman–Crippen LogP) is 2.47. The summed E-state index contributed by atoms with van der Waals surface area (Å²) in [6.45, 7) is 5.42. The van der Waals surface area contributed by atoms with Crippen molar-refractivity contribution in [1.82, 2.24) is 9.69 Å². The first-order valence-corrected chi connectivity index (χ1v) is 8.09. The molecule has 0 bridgehead atoms. The van der Waals surface area contributed by atoms with Gasteiger partial charge in [-0.05, 0) is 48.5 Å². The summed E-state index contributed by atoms with van der Waals surface area (Å²) >= 11 is 1.29. The van der Waals surface area contributed by atoms with Gasteiger partial charge in [0, 0.05) is 12.6 Å². The van der Waals surface area contributed by atoms with Gasteiger partial charge in [0.1, 0.15) is 10.6 Å². The van der Waals surface area contributed by atoms with Gasteiger partial charge in [-0.2, -0.15) is 4.37 Å². The van der Waals surface area contributed by atoms with E-state index in [-0.39, 0.29) is 5.91 Å². The average molecular weight is 294 g/mol. The maximum atomic E-state index is 12.2. The maximum Gasteiger partial charge on any atom is 0.258 e. The fraction of sp³-hybridized carbons (Fsp3) is 0.714. The van der Waals surface area contributed by atoms with Crippen LogP contribution in [0, 0.1) is 11.3 Å². The van der Waals surface area contributed by atoms with Crippen molar-refractivity contribution in [3.05, 3.63) is 5.56 Å². The first-order valence-electron chi connectivity index (χ1n) is 7.32. The highest BCUT2D eigenvalue weighted by Gasteiger charge is 2.45. The lowest BCUT2D eigenvalue weighted by atomic mass is 9.92. The molecular weight excluding hydrogens is 272 g/mol. The standard InChI is InChI=1S/C14H22N4OS/c1-8(2)14(5-6-14)7-16-13-10(11(15)18-20-13)12(19)17-9-3-4-9/h8-9,16H,3-7H2,1-2H3,(H2,15,18)(H,17,19). The molecule has 1 heterocycles. The van der Waals surface area contributed by atoms with Crippen molar-refractivity contribution in [3.8, 4) is 0 Å². The van der Waals surface area contributed by atoms with Crippen LogP contribution in [0.15, 0.2) is 0 Å². The topological polar surface area (TPSA) is 80.0 Å². The Bertz CT molecular complexity index is 517. The van der Waals surface area contributed by atoms with Crippen LogP contribution in [0.4, 0.5) is 10.8 Å². The molecule has 2 aliphatic carbocycles. The molecule has 4 N–H and O–H groups in total. The van der Waals surface area contributed by atoms with Crippen molar-refractivity contribution in [3.63, 3.8) is 0 Å². The van der Waals surface area contributed by atoms with Gasteiger partial charge in [-0.1, -0.05) is 13.8 Å². The minimum atomic E-state index is -0.0874. The highest BCUT2D eigenvalue weighted by atomic mass is 32.1. The van der Waals surface area contributed by atoms with Crippen LogP contribution in [0.5, 0.6) is 0 Å². The number of rotatable bonds is 6. The second-order valence-electron chi connectivity index (χ2n) is 6.39. The normalized spacial score (nSPS) is 19.9. The van der Waals surface area contributed by atoms with Crippen LogP contribution in [0.1, 0.15) is 49.9 Å². The number of aromatic nitrogens is 1. The van der Waals surface area contributed by atoms with E-state index in [9.17, 15) is 4.79 Å². The number of carbonyl (C=O) groups is 1. The number of nitrogens with zero attached hydrogens (tertiary/aromatic N) is 1. The van der Waals surface area contributed by atoms with Crippen molar-refractivity contribution in [2.45, 2.75) is 45.6 Å². The average Bonchev–Trinajstić information content (AvgIpc) is 3.29. The summed E-state index contributed by atoms with van der Waals surface area (Å²) in [5.41, 5.74) is 6.77. The molecule has 5 nitrogen and oxygen atoms in total. The SMILES string of the molecule is CC(C)C1(CNc2snc(N)c2C(=O)NC2CC2)CC1. The number of hydrogen-bond donors (Lipinski definition) is 3. The second kappa shape index (κ2) is 4.91. The molecule has 0 aliphatic heterocycles. The van der Waals surface area contributed by atoms with E-state index in [1.54, 1.807) is 0 Å². The van der Waals surface area contributed by atoms with Crippen LogP contribution < -0.4 is 16.4 Å². The molecule has 110 valence electrons. The smallest absolute Gasteiger partial charge is 0.258 e. The quantitative estimate of drug-likeness (QED) is 0.753. The summed E-state index contributed by atoms with van der Waals surface area (Å²) in [7, 11) is 0. The molecule has 1 aromatic rings. The van der Waals surface area contributed by atoms with Crippen LogP contribution in [0.3, 0.4) is 0 Å². The molecule has 20 heavy (non-hydrogen) atoms. The third-order valence-corrected chi connectivity index (χ3v) is 5.40. The van der Waals surface area contributed by atoms with Gasteiger partial charge in [0.05, 0.1) is 0 Å². The Morgan fingerprint density at radius 2 is 2.20 bits per heavy atom. The number of anilines is 2. The van der Waals surface area contributed by atoms with Crippen molar-refractivity contribution in [2.75, 3.05) is 17.6 Å². The molecule has 0 radical (unpaired) electrons. The summed E-state index contributed by atoms with van der Waals surface area (Å²) in [6, 6.07) is 0.333. The maximum absolute atomic E-state index is 12.2. The van der Waals surface area contributed by atoms with E-state index >= 15 is 0 Å².